The van der Waals surface area contributed by atoms with Crippen LogP contribution in [0.15, 0.2) is 55.0 Å². The molecular weight excluding hydrogens is 470 g/mol. The molecule has 0 radical (unpaired) electrons. The smallest absolute Gasteiger partial charge is 0.413 e. The Morgan fingerprint density at radius 1 is 1.06 bits per heavy atom. The Bertz CT molecular complexity index is 1060. The van der Waals surface area contributed by atoms with Crippen LogP contribution in [0.5, 0.6) is 0 Å². The molecule has 190 valence electrons. The predicted molar refractivity (Wildman–Crippen MR) is 117 cm³/mol. The number of nitrogens with one attached hydrogen (secondary N) is 1. The Morgan fingerprint density at radius 3 is 2.11 bits per heavy atom. The van der Waals surface area contributed by atoms with Crippen molar-refractivity contribution < 1.29 is 48.7 Å². The van der Waals surface area contributed by atoms with E-state index in [4.69, 9.17) is 18.9 Å². The summed E-state index contributed by atoms with van der Waals surface area (Å²) in [7, 11) is 0. The van der Waals surface area contributed by atoms with E-state index in [1.54, 1.807) is 0 Å². The highest BCUT2D eigenvalue weighted by atomic mass is 16.6. The molecule has 0 aliphatic carbocycles. The van der Waals surface area contributed by atoms with Gasteiger partial charge in [0, 0.05) is 6.20 Å². The summed E-state index contributed by atoms with van der Waals surface area (Å²) in [5.41, 5.74) is -7.71. The van der Waals surface area contributed by atoms with Gasteiger partial charge in [0.05, 0.1) is 6.61 Å². The number of hydrogen-bond donors (Lipinski definition) is 4. The minimum Gasteiger partial charge on any atom is -0.459 e. The second kappa shape index (κ2) is 11.5. The number of aliphatic hydroxyl groups excluding tert-OH is 1. The van der Waals surface area contributed by atoms with Crippen LogP contribution in [0.3, 0.4) is 0 Å². The van der Waals surface area contributed by atoms with Crippen molar-refractivity contribution in [3.05, 3.63) is 60.7 Å². The van der Waals surface area contributed by atoms with E-state index in [0.717, 1.165) is 24.4 Å². The average molecular weight is 495 g/mol. The fourth-order valence-corrected chi connectivity index (χ4v) is 3.20. The molecule has 1 saturated heterocycles. The Morgan fingerprint density at radius 2 is 1.60 bits per heavy atom. The monoisotopic (exact) mass is 495 g/mol. The molecule has 1 aromatic heterocycles. The lowest BCUT2D eigenvalue weighted by atomic mass is 9.79. The van der Waals surface area contributed by atoms with Crippen molar-refractivity contribution in [1.29, 1.82) is 0 Å². The first-order valence-electron chi connectivity index (χ1n) is 10.0. The molecule has 1 aliphatic heterocycles. The zero-order valence-electron chi connectivity index (χ0n) is 18.5. The SMILES string of the molecule is C=CCOC(=O)Nc1ccn([C@@H]2O[C@H](CO)[C@](O)(C(=O)OCC=C)[C@]2(O)C(=O)OCC=C)c(=O)n1. The van der Waals surface area contributed by atoms with Gasteiger partial charge in [0.1, 0.15) is 31.7 Å². The lowest BCUT2D eigenvalue weighted by molar-refractivity contribution is -0.213. The standard InChI is InChI=1S/C21H25N3O11/c1-4-9-32-16(26)20(30)13(12-25)35-15(21(20,31)17(27)33-10-5-2)24-8-7-14(22-18(24)28)23-19(29)34-11-6-3/h4-8,13,15,25,30-31H,1-3,9-12H2,(H,22,23,28,29)/t13-,15-,20+,21-/m1/s1. The fourth-order valence-electron chi connectivity index (χ4n) is 3.20. The van der Waals surface area contributed by atoms with E-state index in [1.165, 1.54) is 6.08 Å². The summed E-state index contributed by atoms with van der Waals surface area (Å²) in [5, 5.41) is 34.6. The summed E-state index contributed by atoms with van der Waals surface area (Å²) >= 11 is 0. The van der Waals surface area contributed by atoms with Crippen LogP contribution < -0.4 is 11.0 Å². The molecule has 1 aromatic rings. The third-order valence-corrected chi connectivity index (χ3v) is 4.80. The maximum atomic E-state index is 12.9. The van der Waals surface area contributed by atoms with Gasteiger partial charge in [0.2, 0.25) is 5.60 Å². The number of aliphatic hydroxyl groups is 3. The first-order valence-corrected chi connectivity index (χ1v) is 10.0. The van der Waals surface area contributed by atoms with Crippen LogP contribution in [0, 0.1) is 0 Å². The zero-order valence-corrected chi connectivity index (χ0v) is 18.5. The summed E-state index contributed by atoms with van der Waals surface area (Å²) in [6.07, 6.45) is -0.458. The Hall–Kier alpha value is -3.85. The molecule has 2 rings (SSSR count). The maximum absolute atomic E-state index is 12.9. The van der Waals surface area contributed by atoms with Crippen LogP contribution in [-0.4, -0.2) is 86.6 Å². The Labute approximate surface area is 198 Å². The van der Waals surface area contributed by atoms with E-state index >= 15 is 0 Å². The number of rotatable bonds is 11. The third-order valence-electron chi connectivity index (χ3n) is 4.80. The highest BCUT2D eigenvalue weighted by molar-refractivity contribution is 5.94. The van der Waals surface area contributed by atoms with Crippen LogP contribution in [0.1, 0.15) is 6.23 Å². The van der Waals surface area contributed by atoms with Crippen LogP contribution in [0.4, 0.5) is 10.6 Å². The van der Waals surface area contributed by atoms with Gasteiger partial charge >= 0.3 is 23.7 Å². The third kappa shape index (κ3) is 5.14. The van der Waals surface area contributed by atoms with Crippen molar-refractivity contribution in [3.8, 4) is 0 Å². The lowest BCUT2D eigenvalue weighted by Gasteiger charge is -2.36. The molecule has 2 heterocycles. The minimum atomic E-state index is -3.30. The minimum absolute atomic E-state index is 0.109. The molecular formula is C21H25N3O11. The number of carbonyl (C=O) groups excluding carboxylic acids is 3. The molecule has 4 atom stereocenters. The molecule has 1 fully saturated rings. The van der Waals surface area contributed by atoms with Gasteiger partial charge in [-0.3, -0.25) is 9.88 Å². The molecule has 14 nitrogen and oxygen atoms in total. The summed E-state index contributed by atoms with van der Waals surface area (Å²) < 4.78 is 20.3. The van der Waals surface area contributed by atoms with Crippen LogP contribution in [0.2, 0.25) is 0 Å². The van der Waals surface area contributed by atoms with E-state index in [0.29, 0.717) is 4.57 Å². The summed E-state index contributed by atoms with van der Waals surface area (Å²) in [6.45, 7) is 8.03. The van der Waals surface area contributed by atoms with Gasteiger partial charge in [-0.15, -0.1) is 0 Å². The highest BCUT2D eigenvalue weighted by Gasteiger charge is 2.76. The van der Waals surface area contributed by atoms with E-state index in [1.807, 2.05) is 0 Å². The number of amides is 1. The Kier molecular flexibility index (Phi) is 9.02. The van der Waals surface area contributed by atoms with Crippen molar-refractivity contribution in [3.63, 3.8) is 0 Å². The predicted octanol–water partition coefficient (Wildman–Crippen LogP) is -1.21. The largest absolute Gasteiger partial charge is 0.459 e. The number of aromatic nitrogens is 2. The number of hydrogen-bond acceptors (Lipinski definition) is 12. The molecule has 0 bridgehead atoms. The molecule has 35 heavy (non-hydrogen) atoms. The second-order valence-electron chi connectivity index (χ2n) is 6.98. The van der Waals surface area contributed by atoms with Gasteiger partial charge in [0.25, 0.3) is 5.60 Å². The van der Waals surface area contributed by atoms with Gasteiger partial charge in [-0.2, -0.15) is 4.98 Å². The summed E-state index contributed by atoms with van der Waals surface area (Å²) in [4.78, 5) is 53.6. The number of carbonyl (C=O) groups is 3. The quantitative estimate of drug-likeness (QED) is 0.163. The van der Waals surface area contributed by atoms with Gasteiger partial charge in [-0.25, -0.2) is 19.2 Å². The second-order valence-corrected chi connectivity index (χ2v) is 6.98. The lowest BCUT2D eigenvalue weighted by Crippen LogP contribution is -2.68. The normalized spacial score (nSPS) is 25.2. The average Bonchev–Trinajstić information content (AvgIpc) is 3.08. The molecule has 0 aromatic carbocycles. The molecule has 0 saturated carbocycles. The first-order chi connectivity index (χ1) is 16.6. The summed E-state index contributed by atoms with van der Waals surface area (Å²) in [5.74, 6) is -3.41. The fraction of sp³-hybridized carbons (Fsp3) is 0.381. The molecule has 0 unspecified atom stereocenters. The summed E-state index contributed by atoms with van der Waals surface area (Å²) in [6, 6.07) is 1.08. The van der Waals surface area contributed by atoms with Gasteiger partial charge in [-0.05, 0) is 6.07 Å². The van der Waals surface area contributed by atoms with Crippen LogP contribution in [0.25, 0.3) is 0 Å². The van der Waals surface area contributed by atoms with Crippen molar-refractivity contribution in [2.45, 2.75) is 23.5 Å². The number of anilines is 1. The maximum Gasteiger partial charge on any atom is 0.413 e. The van der Waals surface area contributed by atoms with Gasteiger partial charge in [-0.1, -0.05) is 38.0 Å². The van der Waals surface area contributed by atoms with Crippen LogP contribution >= 0.6 is 0 Å². The molecule has 1 amide bonds. The van der Waals surface area contributed by atoms with Gasteiger partial charge < -0.3 is 34.3 Å². The van der Waals surface area contributed by atoms with E-state index in [2.05, 4.69) is 30.0 Å². The van der Waals surface area contributed by atoms with Crippen molar-refractivity contribution in [2.24, 2.45) is 0 Å². The zero-order chi connectivity index (χ0) is 26.2. The first kappa shape index (κ1) is 27.4. The van der Waals surface area contributed by atoms with E-state index in [-0.39, 0.29) is 12.4 Å². The Balaban J connectivity index is 2.56. The number of nitrogens with zero attached hydrogens (tertiary/aromatic N) is 2. The highest BCUT2D eigenvalue weighted by Crippen LogP contribution is 2.47. The van der Waals surface area contributed by atoms with Gasteiger partial charge in [0.15, 0.2) is 6.23 Å². The van der Waals surface area contributed by atoms with Crippen molar-refractivity contribution >= 4 is 23.8 Å². The molecule has 1 aliphatic rings. The molecule has 0 spiro atoms. The topological polar surface area (TPSA) is 196 Å². The molecule has 14 heteroatoms. The number of ether oxygens (including phenoxy) is 4. The van der Waals surface area contributed by atoms with E-state index in [9.17, 15) is 34.5 Å². The van der Waals surface area contributed by atoms with Crippen molar-refractivity contribution in [1.82, 2.24) is 9.55 Å². The number of esters is 2. The van der Waals surface area contributed by atoms with E-state index < -0.39 is 67.1 Å². The molecule has 4 N–H and O–H groups in total. The van der Waals surface area contributed by atoms with Crippen LogP contribution in [-0.2, 0) is 28.5 Å². The van der Waals surface area contributed by atoms with Crippen molar-refractivity contribution in [2.75, 3.05) is 31.7 Å².